The Morgan fingerprint density at radius 1 is 1.04 bits per heavy atom. The number of halogens is 1. The molecule has 3 rings (SSSR count). The molecule has 4 N–H and O–H groups in total. The van der Waals surface area contributed by atoms with Crippen molar-refractivity contribution in [1.82, 2.24) is 4.90 Å². The monoisotopic (exact) mass is 394 g/mol. The normalized spacial score (nSPS) is 19.5. The maximum absolute atomic E-state index is 10.8. The van der Waals surface area contributed by atoms with Crippen molar-refractivity contribution < 1.29 is 9.90 Å². The van der Waals surface area contributed by atoms with Crippen LogP contribution in [0.15, 0.2) is 24.3 Å². The molecule has 2 aliphatic rings. The number of nitrogen functional groups attached to an aromatic ring is 1. The number of benzene rings is 1. The molecule has 27 heavy (non-hydrogen) atoms. The Labute approximate surface area is 167 Å². The predicted molar refractivity (Wildman–Crippen MR) is 111 cm³/mol. The number of nitrogens with zero attached hydrogens (tertiary/aromatic N) is 2. The van der Waals surface area contributed by atoms with Gasteiger partial charge < -0.3 is 20.6 Å². The zero-order valence-corrected chi connectivity index (χ0v) is 16.6. The minimum atomic E-state index is -0.660. The number of hydrogen-bond acceptors (Lipinski definition) is 4. The van der Waals surface area contributed by atoms with Crippen molar-refractivity contribution in [2.45, 2.75) is 32.1 Å². The maximum atomic E-state index is 10.8. The van der Waals surface area contributed by atoms with E-state index < -0.39 is 5.97 Å². The summed E-state index contributed by atoms with van der Waals surface area (Å²) in [5.41, 5.74) is 7.50. The van der Waals surface area contributed by atoms with Gasteiger partial charge in [0.15, 0.2) is 0 Å². The van der Waals surface area contributed by atoms with Crippen LogP contribution in [-0.2, 0) is 4.79 Å². The zero-order chi connectivity index (χ0) is 18.5. The molecular weight excluding hydrogens is 364 g/mol. The number of nitrogens with one attached hydrogen (secondary N) is 1. The van der Waals surface area contributed by atoms with E-state index in [-0.39, 0.29) is 18.2 Å². The molecule has 0 amide bonds. The molecule has 0 spiro atoms. The molecule has 0 aromatic heterocycles. The summed E-state index contributed by atoms with van der Waals surface area (Å²) in [6.45, 7) is 5.38. The lowest BCUT2D eigenvalue weighted by Crippen LogP contribution is -2.41. The summed E-state index contributed by atoms with van der Waals surface area (Å²) >= 11 is 0. The van der Waals surface area contributed by atoms with Gasteiger partial charge in [-0.3, -0.25) is 10.2 Å². The molecule has 150 valence electrons. The van der Waals surface area contributed by atoms with Gasteiger partial charge >= 0.3 is 5.97 Å². The Kier molecular flexibility index (Phi) is 7.92. The number of carboxylic acid groups (broad SMARTS) is 1. The van der Waals surface area contributed by atoms with Gasteiger partial charge in [0.2, 0.25) is 0 Å². The van der Waals surface area contributed by atoms with Crippen molar-refractivity contribution in [2.24, 2.45) is 17.6 Å². The van der Waals surface area contributed by atoms with E-state index in [1.807, 2.05) is 12.1 Å². The molecule has 1 aromatic rings. The van der Waals surface area contributed by atoms with Gasteiger partial charge in [-0.25, -0.2) is 0 Å². The first-order valence-corrected chi connectivity index (χ1v) is 9.65. The number of anilines is 1. The molecule has 0 unspecified atom stereocenters. The number of aliphatic carboxylic acids is 1. The third-order valence-electron chi connectivity index (χ3n) is 5.84. The lowest BCUT2D eigenvalue weighted by Gasteiger charge is -2.38. The van der Waals surface area contributed by atoms with Gasteiger partial charge in [-0.05, 0) is 74.9 Å². The molecule has 2 fully saturated rings. The van der Waals surface area contributed by atoms with Gasteiger partial charge in [0.25, 0.3) is 0 Å². The molecule has 7 heteroatoms. The van der Waals surface area contributed by atoms with E-state index >= 15 is 0 Å². The average Bonchev–Trinajstić information content (AvgIpc) is 2.64. The first kappa shape index (κ1) is 21.5. The van der Waals surface area contributed by atoms with Crippen molar-refractivity contribution in [1.29, 1.82) is 5.41 Å². The van der Waals surface area contributed by atoms with E-state index in [9.17, 15) is 4.79 Å². The van der Waals surface area contributed by atoms with Crippen molar-refractivity contribution in [3.8, 4) is 0 Å². The quantitative estimate of drug-likeness (QED) is 0.509. The third-order valence-corrected chi connectivity index (χ3v) is 5.84. The van der Waals surface area contributed by atoms with E-state index in [0.29, 0.717) is 12.3 Å². The van der Waals surface area contributed by atoms with Crippen LogP contribution in [0.1, 0.15) is 37.7 Å². The fourth-order valence-electron chi connectivity index (χ4n) is 4.21. The summed E-state index contributed by atoms with van der Waals surface area (Å²) in [4.78, 5) is 15.8. The summed E-state index contributed by atoms with van der Waals surface area (Å²) < 4.78 is 0. The highest BCUT2D eigenvalue weighted by Crippen LogP contribution is 2.26. The fourth-order valence-corrected chi connectivity index (χ4v) is 4.21. The van der Waals surface area contributed by atoms with E-state index in [4.69, 9.17) is 16.2 Å². The van der Waals surface area contributed by atoms with Crippen LogP contribution < -0.4 is 10.6 Å². The Hall–Kier alpha value is -1.79. The van der Waals surface area contributed by atoms with Crippen molar-refractivity contribution in [3.63, 3.8) is 0 Å². The van der Waals surface area contributed by atoms with Crippen molar-refractivity contribution >= 4 is 29.9 Å². The van der Waals surface area contributed by atoms with Gasteiger partial charge in [-0.1, -0.05) is 0 Å². The third kappa shape index (κ3) is 6.11. The SMILES string of the molecule is Cl.N=C(N)c1ccc(N2CCC(CN3CCC(CC(=O)O)CC3)CC2)cc1. The molecule has 0 aliphatic carbocycles. The van der Waals surface area contributed by atoms with Crippen LogP contribution in [0.3, 0.4) is 0 Å². The summed E-state index contributed by atoms with van der Waals surface area (Å²) in [5.74, 6) is 0.553. The lowest BCUT2D eigenvalue weighted by atomic mass is 9.91. The van der Waals surface area contributed by atoms with Gasteiger partial charge in [0.05, 0.1) is 0 Å². The molecule has 0 saturated carbocycles. The van der Waals surface area contributed by atoms with Gasteiger partial charge in [-0.15, -0.1) is 12.4 Å². The summed E-state index contributed by atoms with van der Waals surface area (Å²) in [6, 6.07) is 7.96. The molecule has 2 saturated heterocycles. The second kappa shape index (κ2) is 9.95. The molecule has 0 atom stereocenters. The van der Waals surface area contributed by atoms with Gasteiger partial charge in [0.1, 0.15) is 5.84 Å². The van der Waals surface area contributed by atoms with E-state index in [1.165, 1.54) is 18.5 Å². The number of amidine groups is 1. The van der Waals surface area contributed by atoms with E-state index in [0.717, 1.165) is 57.0 Å². The molecular formula is C20H31ClN4O2. The van der Waals surface area contributed by atoms with Crippen LogP contribution in [0, 0.1) is 17.2 Å². The summed E-state index contributed by atoms with van der Waals surface area (Å²) in [5, 5.41) is 16.4. The van der Waals surface area contributed by atoms with Crippen LogP contribution in [0.5, 0.6) is 0 Å². The largest absolute Gasteiger partial charge is 0.481 e. The predicted octanol–water partition coefficient (Wildman–Crippen LogP) is 2.80. The number of hydrogen-bond donors (Lipinski definition) is 3. The van der Waals surface area contributed by atoms with Crippen LogP contribution in [0.4, 0.5) is 5.69 Å². The van der Waals surface area contributed by atoms with Crippen molar-refractivity contribution in [3.05, 3.63) is 29.8 Å². The van der Waals surface area contributed by atoms with Crippen LogP contribution >= 0.6 is 12.4 Å². The summed E-state index contributed by atoms with van der Waals surface area (Å²) in [7, 11) is 0. The first-order chi connectivity index (χ1) is 12.5. The van der Waals surface area contributed by atoms with E-state index in [1.54, 1.807) is 0 Å². The van der Waals surface area contributed by atoms with Crippen LogP contribution in [0.2, 0.25) is 0 Å². The minimum Gasteiger partial charge on any atom is -0.481 e. The maximum Gasteiger partial charge on any atom is 0.303 e. The Morgan fingerprint density at radius 3 is 2.11 bits per heavy atom. The van der Waals surface area contributed by atoms with E-state index in [2.05, 4.69) is 21.9 Å². The lowest BCUT2D eigenvalue weighted by molar-refractivity contribution is -0.138. The first-order valence-electron chi connectivity index (χ1n) is 9.65. The van der Waals surface area contributed by atoms with Gasteiger partial charge in [-0.2, -0.15) is 0 Å². The second-order valence-electron chi connectivity index (χ2n) is 7.73. The summed E-state index contributed by atoms with van der Waals surface area (Å²) in [6.07, 6.45) is 4.77. The minimum absolute atomic E-state index is 0. The standard InChI is InChI=1S/C20H30N4O2.ClH/c21-20(22)17-1-3-18(4-2-17)24-11-7-16(8-12-24)14-23-9-5-15(6-10-23)13-19(25)26;/h1-4,15-16H,5-14H2,(H3,21,22)(H,25,26);1H. The fraction of sp³-hybridized carbons (Fsp3) is 0.600. The molecule has 0 bridgehead atoms. The Morgan fingerprint density at radius 2 is 1.59 bits per heavy atom. The Bertz CT molecular complexity index is 621. The topological polar surface area (TPSA) is 93.7 Å². The van der Waals surface area contributed by atoms with Gasteiger partial charge in [0, 0.05) is 37.3 Å². The highest BCUT2D eigenvalue weighted by atomic mass is 35.5. The molecule has 1 aromatic carbocycles. The Balaban J connectivity index is 0.00000261. The number of rotatable bonds is 6. The zero-order valence-electron chi connectivity index (χ0n) is 15.8. The highest BCUT2D eigenvalue weighted by molar-refractivity contribution is 5.95. The number of piperidine rings is 2. The number of carbonyl (C=O) groups is 1. The average molecular weight is 395 g/mol. The molecule has 0 radical (unpaired) electrons. The number of carboxylic acids is 1. The van der Waals surface area contributed by atoms with Crippen LogP contribution in [0.25, 0.3) is 0 Å². The van der Waals surface area contributed by atoms with Crippen LogP contribution in [-0.4, -0.2) is 54.5 Å². The molecule has 2 heterocycles. The highest BCUT2D eigenvalue weighted by Gasteiger charge is 2.25. The molecule has 2 aliphatic heterocycles. The number of likely N-dealkylation sites (tertiary alicyclic amines) is 1. The number of nitrogens with two attached hydrogens (primary N) is 1. The smallest absolute Gasteiger partial charge is 0.303 e. The molecule has 6 nitrogen and oxygen atoms in total. The second-order valence-corrected chi connectivity index (χ2v) is 7.73. The van der Waals surface area contributed by atoms with Crippen molar-refractivity contribution in [2.75, 3.05) is 37.6 Å².